The van der Waals surface area contributed by atoms with Gasteiger partial charge in [-0.05, 0) is 48.7 Å². The van der Waals surface area contributed by atoms with E-state index in [1.165, 1.54) is 4.31 Å². The van der Waals surface area contributed by atoms with Crippen LogP contribution in [0.2, 0.25) is 5.02 Å². The van der Waals surface area contributed by atoms with Crippen molar-refractivity contribution in [2.24, 2.45) is 0 Å². The van der Waals surface area contributed by atoms with Crippen molar-refractivity contribution < 1.29 is 13.2 Å². The molecule has 0 bridgehead atoms. The van der Waals surface area contributed by atoms with Gasteiger partial charge in [-0.25, -0.2) is 13.2 Å². The van der Waals surface area contributed by atoms with Crippen LogP contribution in [0.4, 0.5) is 16.2 Å². The number of nitrogens with zero attached hydrogens (tertiary/aromatic N) is 1. The van der Waals surface area contributed by atoms with Crippen molar-refractivity contribution in [1.82, 2.24) is 5.32 Å². The number of anilines is 2. The van der Waals surface area contributed by atoms with Crippen molar-refractivity contribution in [3.05, 3.63) is 59.1 Å². The van der Waals surface area contributed by atoms with Crippen LogP contribution in [0.3, 0.4) is 0 Å². The fraction of sp³-hybridized carbons (Fsp3) is 0.316. The molecule has 142 valence electrons. The number of benzene rings is 2. The van der Waals surface area contributed by atoms with Gasteiger partial charge in [0.25, 0.3) is 0 Å². The van der Waals surface area contributed by atoms with Crippen LogP contribution in [0, 0.1) is 0 Å². The topological polar surface area (TPSA) is 78.5 Å². The average molecular weight is 406 g/mol. The number of halogens is 1. The monoisotopic (exact) mass is 405 g/mol. The van der Waals surface area contributed by atoms with Crippen molar-refractivity contribution in [1.29, 1.82) is 0 Å². The molecule has 2 amide bonds. The van der Waals surface area contributed by atoms with E-state index in [-0.39, 0.29) is 23.7 Å². The van der Waals surface area contributed by atoms with Crippen LogP contribution in [0.25, 0.3) is 0 Å². The Morgan fingerprint density at radius 1 is 1.15 bits per heavy atom. The minimum atomic E-state index is -3.24. The van der Waals surface area contributed by atoms with E-state index in [4.69, 9.17) is 11.6 Å². The molecular weight excluding hydrogens is 386 g/mol. The zero-order valence-electron chi connectivity index (χ0n) is 14.6. The molecule has 8 heteroatoms. The molecule has 2 N–H and O–H groups in total. The second-order valence-electron chi connectivity index (χ2n) is 6.89. The van der Waals surface area contributed by atoms with Gasteiger partial charge in [-0.2, -0.15) is 0 Å². The van der Waals surface area contributed by atoms with Gasteiger partial charge in [0.2, 0.25) is 10.0 Å². The van der Waals surface area contributed by atoms with Crippen molar-refractivity contribution >= 4 is 39.0 Å². The normalized spacial score (nSPS) is 23.1. The van der Waals surface area contributed by atoms with Crippen molar-refractivity contribution in [3.8, 4) is 0 Å². The van der Waals surface area contributed by atoms with E-state index in [1.807, 2.05) is 24.3 Å². The molecule has 0 spiro atoms. The fourth-order valence-corrected chi connectivity index (χ4v) is 5.22. The van der Waals surface area contributed by atoms with Crippen molar-refractivity contribution in [2.75, 3.05) is 21.9 Å². The predicted molar refractivity (Wildman–Crippen MR) is 107 cm³/mol. The molecule has 4 rings (SSSR count). The van der Waals surface area contributed by atoms with Gasteiger partial charge in [-0.3, -0.25) is 4.31 Å². The SMILES string of the molecule is O=C(Nc1cccc(N2CCCS2(=O)=O)c1)N[C@@H]1C[C@@H]1c1cccc(Cl)c1. The summed E-state index contributed by atoms with van der Waals surface area (Å²) in [6, 6.07) is 14.4. The lowest BCUT2D eigenvalue weighted by molar-refractivity contribution is 0.251. The van der Waals surface area contributed by atoms with Crippen LogP contribution in [0.15, 0.2) is 48.5 Å². The van der Waals surface area contributed by atoms with Gasteiger partial charge in [-0.15, -0.1) is 0 Å². The summed E-state index contributed by atoms with van der Waals surface area (Å²) in [5.74, 6) is 0.438. The van der Waals surface area contributed by atoms with E-state index >= 15 is 0 Å². The number of hydrogen-bond acceptors (Lipinski definition) is 3. The Labute approximate surface area is 163 Å². The van der Waals surface area contributed by atoms with E-state index in [1.54, 1.807) is 24.3 Å². The molecule has 27 heavy (non-hydrogen) atoms. The Hall–Kier alpha value is -2.25. The summed E-state index contributed by atoms with van der Waals surface area (Å²) in [4.78, 5) is 12.3. The highest BCUT2D eigenvalue weighted by Gasteiger charge is 2.39. The van der Waals surface area contributed by atoms with Gasteiger partial charge in [0.15, 0.2) is 0 Å². The lowest BCUT2D eigenvalue weighted by atomic mass is 10.1. The zero-order chi connectivity index (χ0) is 19.0. The standard InChI is InChI=1S/C19H20ClN3O3S/c20-14-5-1-4-13(10-14)17-12-18(17)22-19(24)21-15-6-2-7-16(11-15)23-8-3-9-27(23,25)26/h1-2,4-7,10-11,17-18H,3,8-9,12H2,(H2,21,22,24)/t17-,18-/m1/s1. The fourth-order valence-electron chi connectivity index (χ4n) is 3.46. The second kappa shape index (κ2) is 7.05. The van der Waals surface area contributed by atoms with Gasteiger partial charge in [-0.1, -0.05) is 29.8 Å². The quantitative estimate of drug-likeness (QED) is 0.816. The number of carbonyl (C=O) groups excluding carboxylic acids is 1. The highest BCUT2D eigenvalue weighted by atomic mass is 35.5. The largest absolute Gasteiger partial charge is 0.334 e. The van der Waals surface area contributed by atoms with Crippen LogP contribution < -0.4 is 14.9 Å². The molecule has 2 atom stereocenters. The number of carbonyl (C=O) groups is 1. The van der Waals surface area contributed by atoms with Gasteiger partial charge in [0, 0.05) is 29.2 Å². The van der Waals surface area contributed by atoms with E-state index in [0.29, 0.717) is 29.4 Å². The summed E-state index contributed by atoms with van der Waals surface area (Å²) in [7, 11) is -3.24. The minimum absolute atomic E-state index is 0.0746. The number of rotatable bonds is 4. The molecule has 2 aromatic rings. The highest BCUT2D eigenvalue weighted by Crippen LogP contribution is 2.41. The molecule has 6 nitrogen and oxygen atoms in total. The summed E-state index contributed by atoms with van der Waals surface area (Å²) in [6.07, 6.45) is 1.49. The van der Waals surface area contributed by atoms with Crippen LogP contribution >= 0.6 is 11.6 Å². The van der Waals surface area contributed by atoms with E-state index < -0.39 is 10.0 Å². The molecule has 0 radical (unpaired) electrons. The lowest BCUT2D eigenvalue weighted by Gasteiger charge is -2.18. The summed E-state index contributed by atoms with van der Waals surface area (Å²) in [5, 5.41) is 6.43. The Bertz CT molecular complexity index is 980. The Morgan fingerprint density at radius 3 is 2.70 bits per heavy atom. The van der Waals surface area contributed by atoms with Crippen LogP contribution in [0.1, 0.15) is 24.3 Å². The van der Waals surface area contributed by atoms with E-state index in [0.717, 1.165) is 12.0 Å². The first-order valence-corrected chi connectivity index (χ1v) is 10.8. The molecule has 1 saturated heterocycles. The van der Waals surface area contributed by atoms with Crippen LogP contribution in [0.5, 0.6) is 0 Å². The summed E-state index contributed by atoms with van der Waals surface area (Å²) in [5.41, 5.74) is 2.26. The third-order valence-corrected chi connectivity index (χ3v) is 6.98. The molecule has 1 aliphatic heterocycles. The highest BCUT2D eigenvalue weighted by molar-refractivity contribution is 7.93. The van der Waals surface area contributed by atoms with Crippen LogP contribution in [-0.2, 0) is 10.0 Å². The Kier molecular flexibility index (Phi) is 4.74. The first kappa shape index (κ1) is 18.1. The van der Waals surface area contributed by atoms with Gasteiger partial charge < -0.3 is 10.6 Å². The molecule has 0 aromatic heterocycles. The smallest absolute Gasteiger partial charge is 0.319 e. The molecular formula is C19H20ClN3O3S. The van der Waals surface area contributed by atoms with E-state index in [9.17, 15) is 13.2 Å². The van der Waals surface area contributed by atoms with Crippen LogP contribution in [-0.4, -0.2) is 32.8 Å². The maximum Gasteiger partial charge on any atom is 0.319 e. The van der Waals surface area contributed by atoms with Crippen molar-refractivity contribution in [3.63, 3.8) is 0 Å². The molecule has 1 saturated carbocycles. The minimum Gasteiger partial charge on any atom is -0.334 e. The van der Waals surface area contributed by atoms with Crippen molar-refractivity contribution in [2.45, 2.75) is 24.8 Å². The second-order valence-corrected chi connectivity index (χ2v) is 9.34. The predicted octanol–water partition coefficient (Wildman–Crippen LogP) is 3.56. The maximum atomic E-state index is 12.3. The third-order valence-electron chi connectivity index (χ3n) is 4.88. The summed E-state index contributed by atoms with van der Waals surface area (Å²) >= 11 is 6.02. The molecule has 2 aromatic carbocycles. The van der Waals surface area contributed by atoms with Gasteiger partial charge in [0.1, 0.15) is 0 Å². The number of nitrogens with one attached hydrogen (secondary N) is 2. The van der Waals surface area contributed by atoms with Gasteiger partial charge >= 0.3 is 6.03 Å². The first-order valence-electron chi connectivity index (χ1n) is 8.86. The summed E-state index contributed by atoms with van der Waals surface area (Å²) < 4.78 is 25.5. The lowest BCUT2D eigenvalue weighted by Crippen LogP contribution is -2.31. The average Bonchev–Trinajstić information content (AvgIpc) is 3.28. The maximum absolute atomic E-state index is 12.3. The molecule has 1 aliphatic carbocycles. The third kappa shape index (κ3) is 4.04. The molecule has 1 heterocycles. The summed E-state index contributed by atoms with van der Waals surface area (Å²) in [6.45, 7) is 0.474. The van der Waals surface area contributed by atoms with E-state index in [2.05, 4.69) is 10.6 Å². The number of urea groups is 1. The van der Waals surface area contributed by atoms with Gasteiger partial charge in [0.05, 0.1) is 11.4 Å². The number of hydrogen-bond donors (Lipinski definition) is 2. The number of sulfonamides is 1. The Morgan fingerprint density at radius 2 is 1.96 bits per heavy atom. The molecule has 2 fully saturated rings. The first-order chi connectivity index (χ1) is 12.9. The number of amides is 2. The zero-order valence-corrected chi connectivity index (χ0v) is 16.1. The molecule has 0 unspecified atom stereocenters. The molecule has 2 aliphatic rings. The Balaban J connectivity index is 1.37.